The molecule has 0 amide bonds. The molecule has 1 nitrogen and oxygen atoms in total. The van der Waals surface area contributed by atoms with Crippen molar-refractivity contribution >= 4 is 0 Å². The Morgan fingerprint density at radius 2 is 2.00 bits per heavy atom. The van der Waals surface area contributed by atoms with Gasteiger partial charge >= 0.3 is 0 Å². The summed E-state index contributed by atoms with van der Waals surface area (Å²) in [5.41, 5.74) is 4.44. The van der Waals surface area contributed by atoms with E-state index in [1.165, 1.54) is 11.1 Å². The van der Waals surface area contributed by atoms with Gasteiger partial charge in [0.25, 0.3) is 0 Å². The quantitative estimate of drug-likeness (QED) is 0.692. The minimum absolute atomic E-state index is 0.543. The third kappa shape index (κ3) is 1.96. The Morgan fingerprint density at radius 1 is 1.36 bits per heavy atom. The topological polar surface area (TPSA) is 23.8 Å². The molecule has 0 aromatic heterocycles. The van der Waals surface area contributed by atoms with Crippen molar-refractivity contribution in [1.82, 2.24) is 0 Å². The molecule has 1 rings (SSSR count). The molecule has 1 aromatic rings. The number of rotatable bonds is 2. The second-order valence-electron chi connectivity index (χ2n) is 3.93. The van der Waals surface area contributed by atoms with E-state index in [1.54, 1.807) is 0 Å². The fraction of sp³-hybridized carbons (Fsp3) is 0.462. The first-order valence-corrected chi connectivity index (χ1v) is 5.11. The molecule has 0 fully saturated rings. The van der Waals surface area contributed by atoms with E-state index in [2.05, 4.69) is 32.9 Å². The van der Waals surface area contributed by atoms with Crippen LogP contribution in [0.25, 0.3) is 0 Å². The van der Waals surface area contributed by atoms with Crippen LogP contribution in [0.4, 0.5) is 0 Å². The molecule has 0 heterocycles. The van der Waals surface area contributed by atoms with Crippen LogP contribution in [0.2, 0.25) is 0 Å². The first kappa shape index (κ1) is 10.8. The number of benzene rings is 1. The highest BCUT2D eigenvalue weighted by molar-refractivity contribution is 5.45. The lowest BCUT2D eigenvalue weighted by Crippen LogP contribution is -1.96. The van der Waals surface area contributed by atoms with E-state index in [0.29, 0.717) is 5.92 Å². The van der Waals surface area contributed by atoms with Gasteiger partial charge in [0.05, 0.1) is 11.6 Å². The van der Waals surface area contributed by atoms with Gasteiger partial charge in [-0.3, -0.25) is 0 Å². The molecule has 0 radical (unpaired) electrons. The maximum absolute atomic E-state index is 8.97. The van der Waals surface area contributed by atoms with Crippen molar-refractivity contribution in [2.75, 3.05) is 0 Å². The van der Waals surface area contributed by atoms with Crippen LogP contribution in [0.3, 0.4) is 0 Å². The Balaban J connectivity index is 3.24. The summed E-state index contributed by atoms with van der Waals surface area (Å²) in [6, 6.07) is 6.48. The number of hydrogen-bond acceptors (Lipinski definition) is 1. The molecular formula is C13H17N. The molecule has 0 N–H and O–H groups in total. The Kier molecular flexibility index (Phi) is 3.30. The maximum atomic E-state index is 8.97. The van der Waals surface area contributed by atoms with E-state index in [4.69, 9.17) is 5.26 Å². The Hall–Kier alpha value is -1.29. The van der Waals surface area contributed by atoms with Gasteiger partial charge in [-0.1, -0.05) is 19.9 Å². The van der Waals surface area contributed by atoms with E-state index < -0.39 is 0 Å². The van der Waals surface area contributed by atoms with E-state index >= 15 is 0 Å². The predicted molar refractivity (Wildman–Crippen MR) is 59.3 cm³/mol. The van der Waals surface area contributed by atoms with E-state index in [1.807, 2.05) is 13.0 Å². The summed E-state index contributed by atoms with van der Waals surface area (Å²) in [6.45, 7) is 8.45. The summed E-state index contributed by atoms with van der Waals surface area (Å²) in [5.74, 6) is 0.543. The smallest absolute Gasteiger partial charge is 0.0994 e. The minimum atomic E-state index is 0.543. The maximum Gasteiger partial charge on any atom is 0.0994 e. The fourth-order valence-electron chi connectivity index (χ4n) is 1.52. The third-order valence-corrected chi connectivity index (χ3v) is 2.99. The summed E-state index contributed by atoms with van der Waals surface area (Å²) in [6.07, 6.45) is 1.12. The Bertz CT molecular complexity index is 372. The summed E-state index contributed by atoms with van der Waals surface area (Å²) in [5, 5.41) is 8.97. The number of nitrogens with zero attached hydrogens (tertiary/aromatic N) is 1. The molecule has 0 bridgehead atoms. The van der Waals surface area contributed by atoms with Crippen molar-refractivity contribution in [2.24, 2.45) is 0 Å². The highest BCUT2D eigenvalue weighted by Gasteiger charge is 2.08. The molecule has 0 saturated carbocycles. The van der Waals surface area contributed by atoms with Gasteiger partial charge in [0, 0.05) is 0 Å². The third-order valence-electron chi connectivity index (χ3n) is 2.99. The van der Waals surface area contributed by atoms with Crippen molar-refractivity contribution in [3.63, 3.8) is 0 Å². The van der Waals surface area contributed by atoms with Crippen molar-refractivity contribution in [2.45, 2.75) is 40.0 Å². The molecule has 0 aliphatic rings. The van der Waals surface area contributed by atoms with E-state index in [0.717, 1.165) is 17.5 Å². The largest absolute Gasteiger partial charge is 0.192 e. The van der Waals surface area contributed by atoms with Crippen LogP contribution in [0, 0.1) is 25.2 Å². The minimum Gasteiger partial charge on any atom is -0.192 e. The zero-order valence-corrected chi connectivity index (χ0v) is 9.39. The van der Waals surface area contributed by atoms with Crippen LogP contribution in [0.15, 0.2) is 12.1 Å². The van der Waals surface area contributed by atoms with Gasteiger partial charge in [-0.15, -0.1) is 0 Å². The van der Waals surface area contributed by atoms with Crippen molar-refractivity contribution in [3.05, 3.63) is 34.4 Å². The van der Waals surface area contributed by atoms with Gasteiger partial charge in [0.1, 0.15) is 0 Å². The lowest BCUT2D eigenvalue weighted by molar-refractivity contribution is 0.732. The molecule has 0 aliphatic heterocycles. The molecule has 1 unspecified atom stereocenters. The predicted octanol–water partition coefficient (Wildman–Crippen LogP) is 3.69. The monoisotopic (exact) mass is 187 g/mol. The molecule has 1 heteroatoms. The summed E-state index contributed by atoms with van der Waals surface area (Å²) in [7, 11) is 0. The molecule has 14 heavy (non-hydrogen) atoms. The van der Waals surface area contributed by atoms with Gasteiger partial charge in [0.2, 0.25) is 0 Å². The zero-order chi connectivity index (χ0) is 10.7. The van der Waals surface area contributed by atoms with E-state index in [9.17, 15) is 0 Å². The van der Waals surface area contributed by atoms with E-state index in [-0.39, 0.29) is 0 Å². The van der Waals surface area contributed by atoms with Crippen LogP contribution in [0.1, 0.15) is 48.4 Å². The zero-order valence-electron chi connectivity index (χ0n) is 9.39. The lowest BCUT2D eigenvalue weighted by atomic mass is 9.92. The Morgan fingerprint density at radius 3 is 2.50 bits per heavy atom. The second-order valence-corrected chi connectivity index (χ2v) is 3.93. The van der Waals surface area contributed by atoms with Gasteiger partial charge in [-0.05, 0) is 48.9 Å². The Labute approximate surface area is 86.4 Å². The SMILES string of the molecule is CCC(C)c1cc(C)c(C)c(C#N)c1. The van der Waals surface area contributed by atoms with Crippen LogP contribution < -0.4 is 0 Å². The molecule has 1 atom stereocenters. The number of hydrogen-bond donors (Lipinski definition) is 0. The van der Waals surface area contributed by atoms with Gasteiger partial charge in [-0.2, -0.15) is 5.26 Å². The molecule has 0 saturated heterocycles. The molecule has 1 aromatic carbocycles. The fourth-order valence-corrected chi connectivity index (χ4v) is 1.52. The standard InChI is InChI=1S/C13H17N/c1-5-9(2)12-6-10(3)11(4)13(7-12)8-14/h6-7,9H,5H2,1-4H3. The van der Waals surface area contributed by atoms with Crippen LogP contribution >= 0.6 is 0 Å². The summed E-state index contributed by atoms with van der Waals surface area (Å²) < 4.78 is 0. The first-order valence-electron chi connectivity index (χ1n) is 5.11. The second kappa shape index (κ2) is 4.28. The number of nitriles is 1. The molecular weight excluding hydrogens is 170 g/mol. The van der Waals surface area contributed by atoms with Gasteiger partial charge < -0.3 is 0 Å². The van der Waals surface area contributed by atoms with Crippen molar-refractivity contribution in [1.29, 1.82) is 5.26 Å². The molecule has 0 spiro atoms. The van der Waals surface area contributed by atoms with Gasteiger partial charge in [-0.25, -0.2) is 0 Å². The summed E-state index contributed by atoms with van der Waals surface area (Å²) in [4.78, 5) is 0. The highest BCUT2D eigenvalue weighted by atomic mass is 14.2. The van der Waals surface area contributed by atoms with Crippen LogP contribution in [-0.2, 0) is 0 Å². The van der Waals surface area contributed by atoms with Crippen molar-refractivity contribution < 1.29 is 0 Å². The van der Waals surface area contributed by atoms with Gasteiger partial charge in [0.15, 0.2) is 0 Å². The lowest BCUT2D eigenvalue weighted by Gasteiger charge is -2.12. The average Bonchev–Trinajstić information content (AvgIpc) is 2.20. The number of aryl methyl sites for hydroxylation is 1. The molecule has 0 aliphatic carbocycles. The normalized spacial score (nSPS) is 12.2. The van der Waals surface area contributed by atoms with Crippen molar-refractivity contribution in [3.8, 4) is 6.07 Å². The summed E-state index contributed by atoms with van der Waals surface area (Å²) >= 11 is 0. The van der Waals surface area contributed by atoms with Crippen LogP contribution in [0.5, 0.6) is 0 Å². The highest BCUT2D eigenvalue weighted by Crippen LogP contribution is 2.23. The average molecular weight is 187 g/mol. The van der Waals surface area contributed by atoms with Crippen LogP contribution in [-0.4, -0.2) is 0 Å². The molecule has 74 valence electrons. The first-order chi connectivity index (χ1) is 6.60.